The van der Waals surface area contributed by atoms with Crippen LogP contribution in [0.3, 0.4) is 0 Å². The maximum absolute atomic E-state index is 5.65. The summed E-state index contributed by atoms with van der Waals surface area (Å²) in [6.45, 7) is 4.08. The number of aromatic nitrogens is 3. The lowest BCUT2D eigenvalue weighted by Crippen LogP contribution is -2.07. The molecule has 0 aliphatic carbocycles. The number of anilines is 1. The molecule has 1 aromatic rings. The Labute approximate surface area is 81.7 Å². The summed E-state index contributed by atoms with van der Waals surface area (Å²) in [7, 11) is 1.65. The van der Waals surface area contributed by atoms with Gasteiger partial charge in [0.15, 0.2) is 5.16 Å². The summed E-state index contributed by atoms with van der Waals surface area (Å²) in [5, 5.41) is 8.55. The monoisotopic (exact) mass is 202 g/mol. The highest BCUT2D eigenvalue weighted by Crippen LogP contribution is 2.21. The number of thioether (sulfide) groups is 1. The molecule has 0 aromatic carbocycles. The average Bonchev–Trinajstić information content (AvgIpc) is 2.43. The van der Waals surface area contributed by atoms with E-state index in [4.69, 9.17) is 10.5 Å². The maximum Gasteiger partial charge on any atom is 0.222 e. The van der Waals surface area contributed by atoms with Gasteiger partial charge in [0.2, 0.25) is 5.95 Å². The Kier molecular flexibility index (Phi) is 3.56. The molecule has 2 N–H and O–H groups in total. The van der Waals surface area contributed by atoms with E-state index < -0.39 is 0 Å². The molecule has 0 radical (unpaired) electrons. The Morgan fingerprint density at radius 3 is 2.77 bits per heavy atom. The molecule has 0 aliphatic heterocycles. The number of ether oxygens (including phenoxy) is 1. The number of hydrogen-bond acceptors (Lipinski definition) is 5. The van der Waals surface area contributed by atoms with E-state index in [1.54, 1.807) is 7.11 Å². The van der Waals surface area contributed by atoms with Crippen LogP contribution in [0.2, 0.25) is 0 Å². The molecule has 5 nitrogen and oxygen atoms in total. The predicted octanol–water partition coefficient (Wildman–Crippen LogP) is 1.14. The molecule has 1 heterocycles. The first-order valence-corrected chi connectivity index (χ1v) is 4.97. The van der Waals surface area contributed by atoms with Gasteiger partial charge in [-0.3, -0.25) is 4.57 Å². The molecule has 1 aromatic heterocycles. The summed E-state index contributed by atoms with van der Waals surface area (Å²) < 4.78 is 6.81. The molecule has 13 heavy (non-hydrogen) atoms. The second-order valence-corrected chi connectivity index (χ2v) is 3.74. The summed E-state index contributed by atoms with van der Waals surface area (Å²) in [6, 6.07) is 0.273. The van der Waals surface area contributed by atoms with Gasteiger partial charge in [0.1, 0.15) is 0 Å². The Morgan fingerprint density at radius 1 is 1.54 bits per heavy atom. The smallest absolute Gasteiger partial charge is 0.222 e. The van der Waals surface area contributed by atoms with Crippen molar-refractivity contribution in [2.24, 2.45) is 0 Å². The molecule has 0 spiro atoms. The molecular weight excluding hydrogens is 188 g/mol. The molecule has 6 heteroatoms. The fourth-order valence-corrected chi connectivity index (χ4v) is 1.75. The van der Waals surface area contributed by atoms with Crippen LogP contribution in [0, 0.1) is 0 Å². The number of nitrogen functional groups attached to an aromatic ring is 1. The van der Waals surface area contributed by atoms with Gasteiger partial charge < -0.3 is 10.5 Å². The van der Waals surface area contributed by atoms with Crippen molar-refractivity contribution >= 4 is 17.7 Å². The fraction of sp³-hybridized carbons (Fsp3) is 0.714. The van der Waals surface area contributed by atoms with E-state index in [0.717, 1.165) is 5.16 Å². The second-order valence-electron chi connectivity index (χ2n) is 2.86. The SMILES string of the molecule is COCSc1nnc(N)n1C(C)C. The lowest BCUT2D eigenvalue weighted by molar-refractivity contribution is 0.258. The van der Waals surface area contributed by atoms with E-state index in [2.05, 4.69) is 10.2 Å². The Hall–Kier alpha value is -0.750. The van der Waals surface area contributed by atoms with Crippen molar-refractivity contribution in [3.05, 3.63) is 0 Å². The lowest BCUT2D eigenvalue weighted by Gasteiger charge is -2.10. The van der Waals surface area contributed by atoms with Crippen molar-refractivity contribution in [2.45, 2.75) is 25.0 Å². The molecule has 0 bridgehead atoms. The van der Waals surface area contributed by atoms with Gasteiger partial charge in [-0.2, -0.15) is 0 Å². The summed E-state index contributed by atoms with van der Waals surface area (Å²) in [6.07, 6.45) is 0. The number of nitrogens with two attached hydrogens (primary N) is 1. The Morgan fingerprint density at radius 2 is 2.23 bits per heavy atom. The second kappa shape index (κ2) is 4.48. The summed E-state index contributed by atoms with van der Waals surface area (Å²) in [5.41, 5.74) is 5.65. The van der Waals surface area contributed by atoms with E-state index in [0.29, 0.717) is 11.9 Å². The Balaban J connectivity index is 2.81. The highest BCUT2D eigenvalue weighted by atomic mass is 32.2. The first kappa shape index (κ1) is 10.3. The van der Waals surface area contributed by atoms with Crippen molar-refractivity contribution in [1.82, 2.24) is 14.8 Å². The van der Waals surface area contributed by atoms with Crippen LogP contribution in [0.1, 0.15) is 19.9 Å². The third-order valence-electron chi connectivity index (χ3n) is 1.51. The molecule has 0 saturated carbocycles. The van der Waals surface area contributed by atoms with Gasteiger partial charge in [0, 0.05) is 13.2 Å². The average molecular weight is 202 g/mol. The van der Waals surface area contributed by atoms with E-state index in [9.17, 15) is 0 Å². The third kappa shape index (κ3) is 2.35. The van der Waals surface area contributed by atoms with E-state index in [-0.39, 0.29) is 6.04 Å². The van der Waals surface area contributed by atoms with Gasteiger partial charge >= 0.3 is 0 Å². The predicted molar refractivity (Wildman–Crippen MR) is 52.6 cm³/mol. The van der Waals surface area contributed by atoms with Crippen LogP contribution in [0.4, 0.5) is 5.95 Å². The first-order chi connectivity index (χ1) is 6.16. The summed E-state index contributed by atoms with van der Waals surface area (Å²) >= 11 is 1.48. The standard InChI is InChI=1S/C7H14N4OS/c1-5(2)11-6(8)9-10-7(11)13-4-12-3/h5H,4H2,1-3H3,(H2,8,9). The molecule has 0 aliphatic rings. The van der Waals surface area contributed by atoms with E-state index >= 15 is 0 Å². The zero-order valence-corrected chi connectivity index (χ0v) is 8.84. The van der Waals surface area contributed by atoms with Gasteiger partial charge in [-0.05, 0) is 13.8 Å². The molecule has 0 unspecified atom stereocenters. The minimum Gasteiger partial charge on any atom is -0.374 e. The molecule has 74 valence electrons. The fourth-order valence-electron chi connectivity index (χ4n) is 0.984. The van der Waals surface area contributed by atoms with Crippen LogP contribution in [0.15, 0.2) is 5.16 Å². The van der Waals surface area contributed by atoms with E-state index in [1.807, 2.05) is 18.4 Å². The molecule has 0 saturated heterocycles. The third-order valence-corrected chi connectivity index (χ3v) is 2.40. The number of hydrogen-bond donors (Lipinski definition) is 1. The normalized spacial score (nSPS) is 11.1. The van der Waals surface area contributed by atoms with Gasteiger partial charge in [0.05, 0.1) is 5.94 Å². The molecule has 0 amide bonds. The zero-order chi connectivity index (χ0) is 9.84. The van der Waals surface area contributed by atoms with Gasteiger partial charge in [-0.1, -0.05) is 11.8 Å². The minimum atomic E-state index is 0.273. The number of methoxy groups -OCH3 is 1. The zero-order valence-electron chi connectivity index (χ0n) is 8.02. The van der Waals surface area contributed by atoms with Gasteiger partial charge in [-0.15, -0.1) is 10.2 Å². The lowest BCUT2D eigenvalue weighted by atomic mass is 10.4. The van der Waals surface area contributed by atoms with Crippen molar-refractivity contribution in [1.29, 1.82) is 0 Å². The van der Waals surface area contributed by atoms with Gasteiger partial charge in [-0.25, -0.2) is 0 Å². The maximum atomic E-state index is 5.65. The van der Waals surface area contributed by atoms with Crippen LogP contribution in [-0.4, -0.2) is 27.8 Å². The Bertz CT molecular complexity index is 273. The summed E-state index contributed by atoms with van der Waals surface area (Å²) in [4.78, 5) is 0. The summed E-state index contributed by atoms with van der Waals surface area (Å²) in [5.74, 6) is 1.01. The topological polar surface area (TPSA) is 66.0 Å². The van der Waals surface area contributed by atoms with Crippen molar-refractivity contribution in [3.63, 3.8) is 0 Å². The quantitative estimate of drug-likeness (QED) is 0.585. The van der Waals surface area contributed by atoms with Crippen LogP contribution in [0.5, 0.6) is 0 Å². The van der Waals surface area contributed by atoms with Crippen LogP contribution in [-0.2, 0) is 4.74 Å². The van der Waals surface area contributed by atoms with Crippen molar-refractivity contribution in [2.75, 3.05) is 18.8 Å². The molecule has 0 fully saturated rings. The minimum absolute atomic E-state index is 0.273. The molecular formula is C7H14N4OS. The molecule has 0 atom stereocenters. The van der Waals surface area contributed by atoms with Crippen molar-refractivity contribution in [3.8, 4) is 0 Å². The van der Waals surface area contributed by atoms with Crippen molar-refractivity contribution < 1.29 is 4.74 Å². The highest BCUT2D eigenvalue weighted by molar-refractivity contribution is 7.99. The largest absolute Gasteiger partial charge is 0.374 e. The van der Waals surface area contributed by atoms with Crippen LogP contribution in [0.25, 0.3) is 0 Å². The van der Waals surface area contributed by atoms with Crippen LogP contribution >= 0.6 is 11.8 Å². The molecule has 1 rings (SSSR count). The number of rotatable bonds is 4. The van der Waals surface area contributed by atoms with E-state index in [1.165, 1.54) is 11.8 Å². The number of nitrogens with zero attached hydrogens (tertiary/aromatic N) is 3. The highest BCUT2D eigenvalue weighted by Gasteiger charge is 2.11. The first-order valence-electron chi connectivity index (χ1n) is 3.99. The van der Waals surface area contributed by atoms with Gasteiger partial charge in [0.25, 0.3) is 0 Å². The van der Waals surface area contributed by atoms with Crippen LogP contribution < -0.4 is 5.73 Å².